The first kappa shape index (κ1) is 21.9. The minimum Gasteiger partial charge on any atom is -0.450 e. The summed E-state index contributed by atoms with van der Waals surface area (Å²) in [6.45, 7) is 3.99. The van der Waals surface area contributed by atoms with E-state index >= 15 is 0 Å². The van der Waals surface area contributed by atoms with Crippen LogP contribution in [-0.2, 0) is 16.1 Å². The van der Waals surface area contributed by atoms with Crippen molar-refractivity contribution < 1.29 is 18.8 Å². The summed E-state index contributed by atoms with van der Waals surface area (Å²) in [5.41, 5.74) is 1.66. The number of benzene rings is 1. The lowest BCUT2D eigenvalue weighted by Gasteiger charge is -2.20. The highest BCUT2D eigenvalue weighted by Gasteiger charge is 2.16. The van der Waals surface area contributed by atoms with Crippen LogP contribution in [0, 0.1) is 0 Å². The van der Waals surface area contributed by atoms with E-state index in [1.54, 1.807) is 24.1 Å². The molecule has 2 heterocycles. The Balaban J connectivity index is 1.79. The van der Waals surface area contributed by atoms with Crippen LogP contribution in [0.25, 0.3) is 17.1 Å². The lowest BCUT2D eigenvalue weighted by molar-refractivity contribution is -0.108. The lowest BCUT2D eigenvalue weighted by Crippen LogP contribution is -2.29. The first-order chi connectivity index (χ1) is 14.4. The SMILES string of the molecule is CC(C)N(C)C(=O)S/C(C=O)=C\c1ccc(Sc2nc3ccccc3n2CC=O)o1. The molecule has 0 aliphatic heterocycles. The molecule has 30 heavy (non-hydrogen) atoms. The van der Waals surface area contributed by atoms with E-state index in [9.17, 15) is 14.4 Å². The predicted molar refractivity (Wildman–Crippen MR) is 119 cm³/mol. The zero-order valence-electron chi connectivity index (χ0n) is 16.8. The van der Waals surface area contributed by atoms with Crippen molar-refractivity contribution in [1.29, 1.82) is 0 Å². The van der Waals surface area contributed by atoms with Crippen LogP contribution in [0.5, 0.6) is 0 Å². The van der Waals surface area contributed by atoms with Gasteiger partial charge in [0.1, 0.15) is 12.0 Å². The number of carbonyl (C=O) groups excluding carboxylic acids is 3. The summed E-state index contributed by atoms with van der Waals surface area (Å²) in [6.07, 6.45) is 2.99. The monoisotopic (exact) mass is 443 g/mol. The van der Waals surface area contributed by atoms with Gasteiger partial charge in [0.05, 0.1) is 22.5 Å². The average Bonchev–Trinajstić information content (AvgIpc) is 3.31. The number of furan rings is 1. The van der Waals surface area contributed by atoms with Gasteiger partial charge < -0.3 is 18.7 Å². The molecular weight excluding hydrogens is 422 g/mol. The van der Waals surface area contributed by atoms with Gasteiger partial charge in [0.25, 0.3) is 5.24 Å². The number of hydrogen-bond donors (Lipinski definition) is 0. The zero-order chi connectivity index (χ0) is 21.7. The Kier molecular flexibility index (Phi) is 7.17. The summed E-state index contributed by atoms with van der Waals surface area (Å²) in [5.74, 6) is 0.449. The maximum atomic E-state index is 12.2. The maximum absolute atomic E-state index is 12.2. The lowest BCUT2D eigenvalue weighted by atomic mass is 10.3. The molecule has 0 fully saturated rings. The Labute approximate surface area is 182 Å². The van der Waals surface area contributed by atoms with Crippen LogP contribution >= 0.6 is 23.5 Å². The number of amides is 1. The van der Waals surface area contributed by atoms with Gasteiger partial charge in [0, 0.05) is 13.1 Å². The number of allylic oxidation sites excluding steroid dienone is 1. The van der Waals surface area contributed by atoms with E-state index in [1.807, 2.05) is 42.7 Å². The number of thioether (sulfide) groups is 1. The van der Waals surface area contributed by atoms with Crippen molar-refractivity contribution in [2.45, 2.75) is 36.7 Å². The minimum absolute atomic E-state index is 0.0372. The standard InChI is InChI=1S/C21H21N3O4S2/c1-14(2)23(3)21(27)29-16(13-26)12-15-8-9-19(28-15)30-20-22-17-6-4-5-7-18(17)24(20)10-11-25/h4-9,11-14H,10H2,1-3H3/b16-12-. The fourth-order valence-corrected chi connectivity index (χ4v) is 4.21. The minimum atomic E-state index is -0.216. The number of hydrogen-bond acceptors (Lipinski definition) is 7. The number of para-hydroxylation sites is 2. The van der Waals surface area contributed by atoms with Crippen molar-refractivity contribution in [3.8, 4) is 0 Å². The molecule has 0 spiro atoms. The maximum Gasteiger partial charge on any atom is 0.286 e. The molecule has 0 unspecified atom stereocenters. The Morgan fingerprint density at radius 2 is 2.00 bits per heavy atom. The number of rotatable bonds is 8. The molecule has 3 rings (SSSR count). The Hall–Kier alpha value is -2.78. The number of aldehydes is 2. The molecule has 1 aromatic carbocycles. The van der Waals surface area contributed by atoms with E-state index in [0.717, 1.165) is 29.1 Å². The molecule has 7 nitrogen and oxygen atoms in total. The molecule has 2 aromatic heterocycles. The normalized spacial score (nSPS) is 11.8. The first-order valence-corrected chi connectivity index (χ1v) is 10.8. The van der Waals surface area contributed by atoms with Crippen molar-refractivity contribution >= 4 is 58.4 Å². The van der Waals surface area contributed by atoms with E-state index in [0.29, 0.717) is 22.3 Å². The summed E-state index contributed by atoms with van der Waals surface area (Å²) in [7, 11) is 1.69. The second-order valence-electron chi connectivity index (χ2n) is 6.66. The molecule has 3 aromatic rings. The van der Waals surface area contributed by atoms with Crippen molar-refractivity contribution in [3.63, 3.8) is 0 Å². The molecule has 0 saturated carbocycles. The van der Waals surface area contributed by atoms with Gasteiger partial charge in [0.15, 0.2) is 16.5 Å². The molecule has 0 atom stereocenters. The number of fused-ring (bicyclic) bond motifs is 1. The van der Waals surface area contributed by atoms with Crippen molar-refractivity contribution in [2.75, 3.05) is 7.05 Å². The quantitative estimate of drug-likeness (QED) is 0.368. The van der Waals surface area contributed by atoms with Crippen LogP contribution in [0.4, 0.5) is 4.79 Å². The Morgan fingerprint density at radius 1 is 1.23 bits per heavy atom. The number of aromatic nitrogens is 2. The summed E-state index contributed by atoms with van der Waals surface area (Å²) in [6, 6.07) is 11.1. The molecule has 0 saturated heterocycles. The van der Waals surface area contributed by atoms with E-state index in [-0.39, 0.29) is 22.7 Å². The van der Waals surface area contributed by atoms with Crippen LogP contribution < -0.4 is 0 Å². The van der Waals surface area contributed by atoms with E-state index in [4.69, 9.17) is 4.42 Å². The van der Waals surface area contributed by atoms with Crippen LogP contribution in [0.1, 0.15) is 19.6 Å². The zero-order valence-corrected chi connectivity index (χ0v) is 18.4. The van der Waals surface area contributed by atoms with Crippen LogP contribution in [0.15, 0.2) is 56.0 Å². The smallest absolute Gasteiger partial charge is 0.286 e. The molecule has 0 N–H and O–H groups in total. The molecule has 0 radical (unpaired) electrons. The van der Waals surface area contributed by atoms with Gasteiger partial charge in [-0.1, -0.05) is 12.1 Å². The average molecular weight is 444 g/mol. The topological polar surface area (TPSA) is 85.4 Å². The summed E-state index contributed by atoms with van der Waals surface area (Å²) in [4.78, 5) is 41.1. The highest BCUT2D eigenvalue weighted by molar-refractivity contribution is 8.17. The van der Waals surface area contributed by atoms with Gasteiger partial charge in [0.2, 0.25) is 0 Å². The molecule has 0 aliphatic rings. The number of carbonyl (C=O) groups is 3. The predicted octanol–water partition coefficient (Wildman–Crippen LogP) is 4.71. The van der Waals surface area contributed by atoms with Gasteiger partial charge in [-0.15, -0.1) is 0 Å². The summed E-state index contributed by atoms with van der Waals surface area (Å²) >= 11 is 2.14. The number of imidazole rings is 1. The van der Waals surface area contributed by atoms with Crippen molar-refractivity contribution in [2.24, 2.45) is 0 Å². The van der Waals surface area contributed by atoms with E-state index in [2.05, 4.69) is 4.98 Å². The highest BCUT2D eigenvalue weighted by Crippen LogP contribution is 2.32. The van der Waals surface area contributed by atoms with Crippen molar-refractivity contribution in [3.05, 3.63) is 47.1 Å². The van der Waals surface area contributed by atoms with E-state index in [1.165, 1.54) is 17.8 Å². The van der Waals surface area contributed by atoms with Gasteiger partial charge in [-0.25, -0.2) is 4.98 Å². The first-order valence-electron chi connectivity index (χ1n) is 9.21. The van der Waals surface area contributed by atoms with Crippen LogP contribution in [-0.4, -0.2) is 45.4 Å². The number of nitrogens with zero attached hydrogens (tertiary/aromatic N) is 3. The molecule has 0 bridgehead atoms. The molecule has 0 aliphatic carbocycles. The van der Waals surface area contributed by atoms with Gasteiger partial charge >= 0.3 is 0 Å². The largest absolute Gasteiger partial charge is 0.450 e. The molecule has 156 valence electrons. The van der Waals surface area contributed by atoms with Gasteiger partial charge in [-0.05, 0) is 67.7 Å². The molecule has 9 heteroatoms. The molecule has 1 amide bonds. The van der Waals surface area contributed by atoms with Crippen molar-refractivity contribution in [1.82, 2.24) is 14.5 Å². The second-order valence-corrected chi connectivity index (χ2v) is 8.65. The third-order valence-corrected chi connectivity index (χ3v) is 6.17. The Morgan fingerprint density at radius 3 is 2.70 bits per heavy atom. The highest BCUT2D eigenvalue weighted by atomic mass is 32.2. The second kappa shape index (κ2) is 9.82. The van der Waals surface area contributed by atoms with Gasteiger partial charge in [-0.3, -0.25) is 9.59 Å². The van der Waals surface area contributed by atoms with Crippen LogP contribution in [0.3, 0.4) is 0 Å². The summed E-state index contributed by atoms with van der Waals surface area (Å²) < 4.78 is 7.60. The van der Waals surface area contributed by atoms with E-state index < -0.39 is 0 Å². The third kappa shape index (κ3) is 5.03. The van der Waals surface area contributed by atoms with Crippen LogP contribution in [0.2, 0.25) is 0 Å². The Bertz CT molecular complexity index is 1100. The van der Waals surface area contributed by atoms with Gasteiger partial charge in [-0.2, -0.15) is 0 Å². The summed E-state index contributed by atoms with van der Waals surface area (Å²) in [5, 5.41) is 0.976. The fourth-order valence-electron chi connectivity index (χ4n) is 2.55. The molecular formula is C21H21N3O4S2. The fraction of sp³-hybridized carbons (Fsp3) is 0.238. The third-order valence-electron chi connectivity index (χ3n) is 4.34.